The van der Waals surface area contributed by atoms with Crippen LogP contribution in [0.4, 0.5) is 4.39 Å². The lowest BCUT2D eigenvalue weighted by atomic mass is 9.76. The number of carbonyl (C=O) groups excluding carboxylic acids is 2. The van der Waals surface area contributed by atoms with Crippen molar-refractivity contribution in [1.29, 1.82) is 0 Å². The molecule has 3 aromatic rings. The number of nitrogens with one attached hydrogen (secondary N) is 1. The highest BCUT2D eigenvalue weighted by molar-refractivity contribution is 5.85. The highest BCUT2D eigenvalue weighted by Gasteiger charge is 2.50. The van der Waals surface area contributed by atoms with E-state index in [0.29, 0.717) is 19.4 Å². The molecule has 0 saturated carbocycles. The molecule has 1 N–H and O–H groups in total. The summed E-state index contributed by atoms with van der Waals surface area (Å²) in [6, 6.07) is 16.2. The van der Waals surface area contributed by atoms with Gasteiger partial charge in [-0.3, -0.25) is 9.59 Å². The number of likely N-dealkylation sites (tertiary alicyclic amines) is 1. The number of piperidine rings is 1. The van der Waals surface area contributed by atoms with Crippen molar-refractivity contribution in [2.24, 2.45) is 0 Å². The van der Waals surface area contributed by atoms with Gasteiger partial charge in [0.25, 0.3) is 0 Å². The van der Waals surface area contributed by atoms with Gasteiger partial charge in [-0.1, -0.05) is 30.3 Å². The quantitative estimate of drug-likeness (QED) is 0.695. The van der Waals surface area contributed by atoms with Crippen molar-refractivity contribution in [2.75, 3.05) is 6.54 Å². The van der Waals surface area contributed by atoms with E-state index in [9.17, 15) is 14.0 Å². The lowest BCUT2D eigenvalue weighted by Crippen LogP contribution is -2.58. The number of nitrogens with zero attached hydrogens (tertiary/aromatic N) is 2. The van der Waals surface area contributed by atoms with E-state index in [1.54, 1.807) is 12.1 Å². The number of rotatable bonds is 3. The molecule has 6 heteroatoms. The molecule has 160 valence electrons. The Bertz CT molecular complexity index is 1150. The van der Waals surface area contributed by atoms with Crippen molar-refractivity contribution in [2.45, 2.75) is 50.7 Å². The van der Waals surface area contributed by atoms with E-state index in [2.05, 4.69) is 17.4 Å². The van der Waals surface area contributed by atoms with E-state index in [1.165, 1.54) is 12.1 Å². The van der Waals surface area contributed by atoms with Crippen molar-refractivity contribution in [1.82, 2.24) is 14.8 Å². The SMILES string of the molecule is Cc1cc2ccccc2n1CC(=O)N1CCC[C@]2(CCC(=O)N2)[C@H]1c1ccc(F)cc1. The molecule has 0 bridgehead atoms. The Morgan fingerprint density at radius 1 is 1.16 bits per heavy atom. The summed E-state index contributed by atoms with van der Waals surface area (Å²) in [5.74, 6) is -0.274. The minimum absolute atomic E-state index is 0.0130. The van der Waals surface area contributed by atoms with Gasteiger partial charge in [0, 0.05) is 24.2 Å². The zero-order chi connectivity index (χ0) is 21.6. The lowest BCUT2D eigenvalue weighted by molar-refractivity contribution is -0.139. The highest BCUT2D eigenvalue weighted by atomic mass is 19.1. The van der Waals surface area contributed by atoms with Gasteiger partial charge in [0.1, 0.15) is 12.4 Å². The fraction of sp³-hybridized carbons (Fsp3) is 0.360. The molecule has 0 unspecified atom stereocenters. The number of benzene rings is 2. The number of amides is 2. The summed E-state index contributed by atoms with van der Waals surface area (Å²) in [7, 11) is 0. The summed E-state index contributed by atoms with van der Waals surface area (Å²) >= 11 is 0. The summed E-state index contributed by atoms with van der Waals surface area (Å²) in [5, 5.41) is 4.30. The average molecular weight is 420 g/mol. The summed E-state index contributed by atoms with van der Waals surface area (Å²) in [5.41, 5.74) is 2.45. The number of hydrogen-bond donors (Lipinski definition) is 1. The number of fused-ring (bicyclic) bond motifs is 1. The first-order valence-electron chi connectivity index (χ1n) is 10.9. The molecule has 2 amide bonds. The predicted molar refractivity (Wildman–Crippen MR) is 117 cm³/mol. The first kappa shape index (κ1) is 19.8. The summed E-state index contributed by atoms with van der Waals surface area (Å²) in [6.45, 7) is 2.87. The third kappa shape index (κ3) is 3.40. The molecule has 0 aliphatic carbocycles. The van der Waals surface area contributed by atoms with Crippen LogP contribution in [0.2, 0.25) is 0 Å². The minimum Gasteiger partial charge on any atom is -0.348 e. The smallest absolute Gasteiger partial charge is 0.243 e. The maximum Gasteiger partial charge on any atom is 0.243 e. The molecule has 2 atom stereocenters. The van der Waals surface area contributed by atoms with Gasteiger partial charge in [0.2, 0.25) is 11.8 Å². The molecule has 1 spiro atoms. The van der Waals surface area contributed by atoms with E-state index in [4.69, 9.17) is 0 Å². The molecule has 2 aliphatic rings. The Balaban J connectivity index is 1.52. The van der Waals surface area contributed by atoms with Gasteiger partial charge in [-0.2, -0.15) is 0 Å². The van der Waals surface area contributed by atoms with E-state index in [1.807, 2.05) is 34.6 Å². The van der Waals surface area contributed by atoms with E-state index in [0.717, 1.165) is 35.0 Å². The number of carbonyl (C=O) groups is 2. The molecule has 31 heavy (non-hydrogen) atoms. The van der Waals surface area contributed by atoms with Crippen molar-refractivity contribution in [3.63, 3.8) is 0 Å². The Kier molecular flexibility index (Phi) is 4.80. The number of aromatic nitrogens is 1. The molecule has 2 fully saturated rings. The van der Waals surface area contributed by atoms with Crippen LogP contribution in [-0.2, 0) is 16.1 Å². The van der Waals surface area contributed by atoms with Crippen molar-refractivity contribution < 1.29 is 14.0 Å². The molecular formula is C25H26FN3O2. The number of aryl methyl sites for hydroxylation is 1. The van der Waals surface area contributed by atoms with Crippen LogP contribution in [0.1, 0.15) is 43.0 Å². The standard InChI is InChI=1S/C25H26FN3O2/c1-17-15-19-5-2-3-6-21(19)29(17)16-23(31)28-14-4-12-25(13-11-22(30)27-25)24(28)18-7-9-20(26)10-8-18/h2-3,5-10,15,24H,4,11-14,16H2,1H3,(H,27,30)/t24-,25+/m1/s1. The van der Waals surface area contributed by atoms with Gasteiger partial charge in [-0.25, -0.2) is 4.39 Å². The van der Waals surface area contributed by atoms with Crippen LogP contribution < -0.4 is 5.32 Å². The van der Waals surface area contributed by atoms with E-state index >= 15 is 0 Å². The number of hydrogen-bond acceptors (Lipinski definition) is 2. The van der Waals surface area contributed by atoms with Crippen LogP contribution in [0.3, 0.4) is 0 Å². The Morgan fingerprint density at radius 2 is 1.94 bits per heavy atom. The van der Waals surface area contributed by atoms with Crippen molar-refractivity contribution in [3.05, 3.63) is 71.7 Å². The molecule has 0 radical (unpaired) electrons. The van der Waals surface area contributed by atoms with Gasteiger partial charge in [-0.05, 0) is 61.4 Å². The number of halogens is 1. The van der Waals surface area contributed by atoms with Gasteiger partial charge in [-0.15, -0.1) is 0 Å². The Labute approximate surface area is 180 Å². The zero-order valence-electron chi connectivity index (χ0n) is 17.6. The second-order valence-electron chi connectivity index (χ2n) is 8.78. The maximum absolute atomic E-state index is 13.7. The lowest BCUT2D eigenvalue weighted by Gasteiger charge is -2.48. The van der Waals surface area contributed by atoms with Crippen LogP contribution in [-0.4, -0.2) is 33.4 Å². The minimum atomic E-state index is -0.489. The van der Waals surface area contributed by atoms with E-state index < -0.39 is 5.54 Å². The van der Waals surface area contributed by atoms with Crippen molar-refractivity contribution in [3.8, 4) is 0 Å². The third-order valence-electron chi connectivity index (χ3n) is 6.86. The topological polar surface area (TPSA) is 54.3 Å². The highest BCUT2D eigenvalue weighted by Crippen LogP contribution is 2.44. The Hall–Kier alpha value is -3.15. The van der Waals surface area contributed by atoms with Crippen LogP contribution in [0.25, 0.3) is 10.9 Å². The molecule has 2 aliphatic heterocycles. The zero-order valence-corrected chi connectivity index (χ0v) is 17.6. The van der Waals surface area contributed by atoms with Gasteiger partial charge >= 0.3 is 0 Å². The first-order chi connectivity index (χ1) is 15.0. The molecule has 2 saturated heterocycles. The fourth-order valence-corrected chi connectivity index (χ4v) is 5.46. The third-order valence-corrected chi connectivity index (χ3v) is 6.86. The molecule has 5 rings (SSSR count). The molecule has 3 heterocycles. The molecule has 1 aromatic heterocycles. The second kappa shape index (κ2) is 7.52. The van der Waals surface area contributed by atoms with Gasteiger partial charge < -0.3 is 14.8 Å². The number of para-hydroxylation sites is 1. The second-order valence-corrected chi connectivity index (χ2v) is 8.78. The monoisotopic (exact) mass is 419 g/mol. The largest absolute Gasteiger partial charge is 0.348 e. The predicted octanol–water partition coefficient (Wildman–Crippen LogP) is 4.10. The summed E-state index contributed by atoms with van der Waals surface area (Å²) < 4.78 is 15.7. The van der Waals surface area contributed by atoms with Gasteiger partial charge in [0.15, 0.2) is 0 Å². The van der Waals surface area contributed by atoms with Crippen LogP contribution >= 0.6 is 0 Å². The van der Waals surface area contributed by atoms with Crippen LogP contribution in [0, 0.1) is 12.7 Å². The molecule has 5 nitrogen and oxygen atoms in total. The van der Waals surface area contributed by atoms with Crippen LogP contribution in [0.5, 0.6) is 0 Å². The average Bonchev–Trinajstić information content (AvgIpc) is 3.28. The fourth-order valence-electron chi connectivity index (χ4n) is 5.46. The van der Waals surface area contributed by atoms with E-state index in [-0.39, 0.29) is 30.2 Å². The van der Waals surface area contributed by atoms with Crippen LogP contribution in [0.15, 0.2) is 54.6 Å². The normalized spacial score (nSPS) is 23.5. The van der Waals surface area contributed by atoms with Crippen molar-refractivity contribution >= 4 is 22.7 Å². The maximum atomic E-state index is 13.7. The first-order valence-corrected chi connectivity index (χ1v) is 10.9. The molecule has 2 aromatic carbocycles. The Morgan fingerprint density at radius 3 is 2.68 bits per heavy atom. The molecular weight excluding hydrogens is 393 g/mol. The summed E-state index contributed by atoms with van der Waals surface area (Å²) in [6.07, 6.45) is 2.79. The summed E-state index contributed by atoms with van der Waals surface area (Å²) in [4.78, 5) is 27.7. The van der Waals surface area contributed by atoms with Gasteiger partial charge in [0.05, 0.1) is 11.6 Å².